The van der Waals surface area contributed by atoms with E-state index in [1.165, 1.54) is 6.07 Å². The first kappa shape index (κ1) is 17.5. The summed E-state index contributed by atoms with van der Waals surface area (Å²) in [5.41, 5.74) is -1.12. The van der Waals surface area contributed by atoms with Gasteiger partial charge in [0.15, 0.2) is 0 Å². The molecule has 5 nitrogen and oxygen atoms in total. The fraction of sp³-hybridized carbons (Fsp3) is 0.529. The van der Waals surface area contributed by atoms with Gasteiger partial charge in [-0.25, -0.2) is 0 Å². The molecule has 1 aliphatic heterocycles. The number of halogens is 3. The average Bonchev–Trinajstić information content (AvgIpc) is 3.44. The SMILES string of the molecule is N#Cc1ccc(N2CCN(C(=O)C3CC3)CC2CO)cc1C(F)(F)F. The zero-order valence-corrected chi connectivity index (χ0v) is 13.5. The van der Waals surface area contributed by atoms with Gasteiger partial charge in [-0.15, -0.1) is 0 Å². The summed E-state index contributed by atoms with van der Waals surface area (Å²) in [5.74, 6) is 0.131. The van der Waals surface area contributed by atoms with Gasteiger partial charge in [0.1, 0.15) is 0 Å². The van der Waals surface area contributed by atoms with Crippen LogP contribution >= 0.6 is 0 Å². The fourth-order valence-corrected chi connectivity index (χ4v) is 3.18. The van der Waals surface area contributed by atoms with Crippen LogP contribution in [0, 0.1) is 17.2 Å². The molecule has 0 spiro atoms. The van der Waals surface area contributed by atoms with E-state index >= 15 is 0 Å². The van der Waals surface area contributed by atoms with Gasteiger partial charge in [-0.3, -0.25) is 4.79 Å². The van der Waals surface area contributed by atoms with Gasteiger partial charge in [0.25, 0.3) is 0 Å². The highest BCUT2D eigenvalue weighted by atomic mass is 19.4. The van der Waals surface area contributed by atoms with Crippen molar-refractivity contribution in [2.75, 3.05) is 31.1 Å². The summed E-state index contributed by atoms with van der Waals surface area (Å²) in [6, 6.07) is 4.64. The van der Waals surface area contributed by atoms with Crippen LogP contribution < -0.4 is 4.90 Å². The Labute approximate surface area is 143 Å². The first-order valence-electron chi connectivity index (χ1n) is 8.12. The molecule has 2 aliphatic rings. The van der Waals surface area contributed by atoms with Crippen molar-refractivity contribution in [3.63, 3.8) is 0 Å². The number of anilines is 1. The monoisotopic (exact) mass is 353 g/mol. The maximum atomic E-state index is 13.2. The number of nitriles is 1. The number of carbonyl (C=O) groups is 1. The van der Waals surface area contributed by atoms with E-state index < -0.39 is 23.3 Å². The molecule has 3 rings (SSSR count). The van der Waals surface area contributed by atoms with Gasteiger partial charge in [-0.1, -0.05) is 0 Å². The maximum Gasteiger partial charge on any atom is 0.417 e. The number of rotatable bonds is 3. The van der Waals surface area contributed by atoms with Crippen LogP contribution in [0.15, 0.2) is 18.2 Å². The number of hydrogen-bond acceptors (Lipinski definition) is 4. The first-order chi connectivity index (χ1) is 11.8. The van der Waals surface area contributed by atoms with Crippen LogP contribution in [0.3, 0.4) is 0 Å². The Balaban J connectivity index is 1.83. The van der Waals surface area contributed by atoms with Crippen LogP contribution in [-0.2, 0) is 11.0 Å². The number of carbonyl (C=O) groups excluding carboxylic acids is 1. The van der Waals surface area contributed by atoms with E-state index in [9.17, 15) is 23.1 Å². The van der Waals surface area contributed by atoms with Crippen molar-refractivity contribution in [3.8, 4) is 6.07 Å². The van der Waals surface area contributed by atoms with Crippen LogP contribution in [-0.4, -0.2) is 48.2 Å². The standard InChI is InChI=1S/C17H18F3N3O2/c18-17(19,20)15-7-13(4-3-12(15)8-21)23-6-5-22(9-14(23)10-24)16(25)11-1-2-11/h3-4,7,11,14,24H,1-2,5-6,9-10H2. The number of nitrogens with zero attached hydrogens (tertiary/aromatic N) is 3. The van der Waals surface area contributed by atoms with Gasteiger partial charge in [0.05, 0.1) is 29.8 Å². The second-order valence-corrected chi connectivity index (χ2v) is 6.43. The Morgan fingerprint density at radius 2 is 2.04 bits per heavy atom. The molecule has 1 unspecified atom stereocenters. The molecule has 0 radical (unpaired) electrons. The summed E-state index contributed by atoms with van der Waals surface area (Å²) in [6.45, 7) is 0.767. The fourth-order valence-electron chi connectivity index (χ4n) is 3.18. The Hall–Kier alpha value is -2.27. The molecule has 1 atom stereocenters. The summed E-state index contributed by atoms with van der Waals surface area (Å²) >= 11 is 0. The van der Waals surface area contributed by atoms with Crippen LogP contribution in [0.4, 0.5) is 18.9 Å². The summed E-state index contributed by atoms with van der Waals surface area (Å²) in [6.07, 6.45) is -2.86. The normalized spacial score (nSPS) is 21.2. The first-order valence-corrected chi connectivity index (χ1v) is 8.12. The van der Waals surface area contributed by atoms with Gasteiger partial charge in [0.2, 0.25) is 5.91 Å². The Morgan fingerprint density at radius 3 is 2.60 bits per heavy atom. The molecule has 8 heteroatoms. The molecule has 0 bridgehead atoms. The molecule has 1 N–H and O–H groups in total. The minimum absolute atomic E-state index is 0.0638. The third kappa shape index (κ3) is 3.56. The van der Waals surface area contributed by atoms with E-state index in [1.807, 2.05) is 0 Å². The van der Waals surface area contributed by atoms with E-state index in [0.29, 0.717) is 18.8 Å². The molecular weight excluding hydrogens is 335 g/mol. The molecule has 1 aromatic carbocycles. The highest BCUT2D eigenvalue weighted by Crippen LogP contribution is 2.36. The largest absolute Gasteiger partial charge is 0.417 e. The second kappa shape index (κ2) is 6.56. The topological polar surface area (TPSA) is 67.6 Å². The quantitative estimate of drug-likeness (QED) is 0.903. The van der Waals surface area contributed by atoms with E-state index in [0.717, 1.165) is 25.0 Å². The van der Waals surface area contributed by atoms with Gasteiger partial charge in [-0.2, -0.15) is 18.4 Å². The van der Waals surface area contributed by atoms with Gasteiger partial charge in [0, 0.05) is 31.2 Å². The molecule has 1 aromatic rings. The Kier molecular flexibility index (Phi) is 4.60. The molecule has 1 heterocycles. The minimum atomic E-state index is -4.63. The van der Waals surface area contributed by atoms with Crippen molar-refractivity contribution in [2.24, 2.45) is 5.92 Å². The minimum Gasteiger partial charge on any atom is -0.394 e. The molecule has 134 valence electrons. The molecule has 0 aromatic heterocycles. The van der Waals surface area contributed by atoms with Gasteiger partial charge >= 0.3 is 6.18 Å². The third-order valence-corrected chi connectivity index (χ3v) is 4.69. The molecule has 1 amide bonds. The summed E-state index contributed by atoms with van der Waals surface area (Å²) in [4.78, 5) is 15.5. The highest BCUT2D eigenvalue weighted by molar-refractivity contribution is 5.81. The van der Waals surface area contributed by atoms with Crippen LogP contribution in [0.25, 0.3) is 0 Å². The Morgan fingerprint density at radius 1 is 1.32 bits per heavy atom. The van der Waals surface area contributed by atoms with Crippen molar-refractivity contribution in [1.29, 1.82) is 5.26 Å². The summed E-state index contributed by atoms with van der Waals surface area (Å²) in [5, 5.41) is 18.5. The average molecular weight is 353 g/mol. The lowest BCUT2D eigenvalue weighted by Crippen LogP contribution is -2.56. The lowest BCUT2D eigenvalue weighted by Gasteiger charge is -2.42. The Bertz CT molecular complexity index is 710. The van der Waals surface area contributed by atoms with E-state index in [1.54, 1.807) is 15.9 Å². The van der Waals surface area contributed by atoms with E-state index in [4.69, 9.17) is 5.26 Å². The number of amides is 1. The predicted molar refractivity (Wildman–Crippen MR) is 83.7 cm³/mol. The van der Waals surface area contributed by atoms with E-state index in [-0.39, 0.29) is 25.0 Å². The number of aliphatic hydroxyl groups excluding tert-OH is 1. The lowest BCUT2D eigenvalue weighted by molar-refractivity contribution is -0.137. The molecule has 1 saturated carbocycles. The number of aliphatic hydroxyl groups is 1. The number of alkyl halides is 3. The van der Waals surface area contributed by atoms with Crippen molar-refractivity contribution in [2.45, 2.75) is 25.1 Å². The number of hydrogen-bond donors (Lipinski definition) is 1. The summed E-state index contributed by atoms with van der Waals surface area (Å²) < 4.78 is 39.5. The van der Waals surface area contributed by atoms with Gasteiger partial charge < -0.3 is 14.9 Å². The second-order valence-electron chi connectivity index (χ2n) is 6.43. The van der Waals surface area contributed by atoms with Crippen molar-refractivity contribution >= 4 is 11.6 Å². The smallest absolute Gasteiger partial charge is 0.394 e. The molecule has 2 fully saturated rings. The van der Waals surface area contributed by atoms with Crippen molar-refractivity contribution in [1.82, 2.24) is 4.90 Å². The van der Waals surface area contributed by atoms with Gasteiger partial charge in [-0.05, 0) is 31.0 Å². The van der Waals surface area contributed by atoms with Crippen LogP contribution in [0.5, 0.6) is 0 Å². The number of piperazine rings is 1. The predicted octanol–water partition coefficient (Wildman–Crippen LogP) is 2.00. The molecular formula is C17H18F3N3O2. The maximum absolute atomic E-state index is 13.2. The third-order valence-electron chi connectivity index (χ3n) is 4.69. The highest BCUT2D eigenvalue weighted by Gasteiger charge is 2.38. The van der Waals surface area contributed by atoms with Crippen molar-refractivity contribution < 1.29 is 23.1 Å². The lowest BCUT2D eigenvalue weighted by atomic mass is 10.0. The molecule has 1 saturated heterocycles. The van der Waals surface area contributed by atoms with E-state index in [2.05, 4.69) is 0 Å². The summed E-state index contributed by atoms with van der Waals surface area (Å²) in [7, 11) is 0. The van der Waals surface area contributed by atoms with Crippen LogP contribution in [0.1, 0.15) is 24.0 Å². The van der Waals surface area contributed by atoms with Crippen LogP contribution in [0.2, 0.25) is 0 Å². The zero-order chi connectivity index (χ0) is 18.2. The zero-order valence-electron chi connectivity index (χ0n) is 13.5. The molecule has 25 heavy (non-hydrogen) atoms. The molecule has 1 aliphatic carbocycles. The number of benzene rings is 1. The van der Waals surface area contributed by atoms with Crippen molar-refractivity contribution in [3.05, 3.63) is 29.3 Å².